The molecular formula is C17H16ClN3O4. The van der Waals surface area contributed by atoms with Gasteiger partial charge in [-0.3, -0.25) is 9.59 Å². The average Bonchev–Trinajstić information content (AvgIpc) is 2.62. The molecule has 0 radical (unpaired) electrons. The van der Waals surface area contributed by atoms with Crippen molar-refractivity contribution in [3.8, 4) is 11.5 Å². The highest BCUT2D eigenvalue weighted by Gasteiger charge is 2.12. The van der Waals surface area contributed by atoms with Crippen molar-refractivity contribution in [2.45, 2.75) is 6.54 Å². The van der Waals surface area contributed by atoms with Gasteiger partial charge in [-0.2, -0.15) is 5.10 Å². The molecule has 2 rings (SSSR count). The van der Waals surface area contributed by atoms with E-state index in [2.05, 4.69) is 15.8 Å². The van der Waals surface area contributed by atoms with E-state index >= 15 is 0 Å². The number of phenols is 1. The second kappa shape index (κ2) is 8.70. The summed E-state index contributed by atoms with van der Waals surface area (Å²) in [6.45, 7) is 0.184. The number of hydrogen-bond acceptors (Lipinski definition) is 5. The van der Waals surface area contributed by atoms with Crippen LogP contribution in [0.5, 0.6) is 11.5 Å². The Kier molecular flexibility index (Phi) is 6.36. The molecule has 0 bridgehead atoms. The lowest BCUT2D eigenvalue weighted by atomic mass is 10.2. The van der Waals surface area contributed by atoms with E-state index in [1.807, 2.05) is 0 Å². The van der Waals surface area contributed by atoms with Crippen LogP contribution in [0.1, 0.15) is 11.1 Å². The summed E-state index contributed by atoms with van der Waals surface area (Å²) in [5.74, 6) is -1.60. The third-order valence-electron chi connectivity index (χ3n) is 3.19. The number of nitrogens with zero attached hydrogens (tertiary/aromatic N) is 1. The van der Waals surface area contributed by atoms with E-state index < -0.39 is 11.8 Å². The molecular weight excluding hydrogens is 346 g/mol. The van der Waals surface area contributed by atoms with Gasteiger partial charge in [0.2, 0.25) is 0 Å². The molecule has 8 heteroatoms. The molecule has 2 aromatic rings. The third-order valence-corrected chi connectivity index (χ3v) is 3.44. The maximum absolute atomic E-state index is 11.7. The van der Waals surface area contributed by atoms with Crippen molar-refractivity contribution in [1.82, 2.24) is 10.7 Å². The van der Waals surface area contributed by atoms with Crippen LogP contribution in [0.15, 0.2) is 47.6 Å². The lowest BCUT2D eigenvalue weighted by Crippen LogP contribution is -2.37. The summed E-state index contributed by atoms with van der Waals surface area (Å²) in [4.78, 5) is 23.4. The van der Waals surface area contributed by atoms with E-state index in [1.54, 1.807) is 42.5 Å². The molecule has 3 N–H and O–H groups in total. The Morgan fingerprint density at radius 1 is 1.20 bits per heavy atom. The van der Waals surface area contributed by atoms with Gasteiger partial charge in [-0.1, -0.05) is 29.8 Å². The molecule has 7 nitrogen and oxygen atoms in total. The minimum Gasteiger partial charge on any atom is -0.504 e. The van der Waals surface area contributed by atoms with Crippen molar-refractivity contribution < 1.29 is 19.4 Å². The first kappa shape index (κ1) is 18.3. The van der Waals surface area contributed by atoms with E-state index in [1.165, 1.54) is 13.3 Å². The number of hydrazone groups is 1. The summed E-state index contributed by atoms with van der Waals surface area (Å²) in [5.41, 5.74) is 3.22. The molecule has 0 unspecified atom stereocenters. The highest BCUT2D eigenvalue weighted by molar-refractivity contribution is 6.35. The fraction of sp³-hybridized carbons (Fsp3) is 0.118. The second-order valence-electron chi connectivity index (χ2n) is 4.91. The number of amides is 2. The van der Waals surface area contributed by atoms with Crippen molar-refractivity contribution in [2.75, 3.05) is 7.11 Å². The molecule has 0 aliphatic carbocycles. The molecule has 2 amide bonds. The van der Waals surface area contributed by atoms with Crippen molar-refractivity contribution in [1.29, 1.82) is 0 Å². The molecule has 0 spiro atoms. The lowest BCUT2D eigenvalue weighted by molar-refractivity contribution is -0.139. The number of benzene rings is 2. The second-order valence-corrected chi connectivity index (χ2v) is 5.34. The number of phenolic OH excluding ortho intramolecular Hbond substituents is 1. The summed E-state index contributed by atoms with van der Waals surface area (Å²) in [7, 11) is 1.42. The Morgan fingerprint density at radius 3 is 2.60 bits per heavy atom. The standard InChI is InChI=1S/C17H16ClN3O4/c1-25-14-4-2-3-12(15(14)22)10-20-21-17(24)16(23)19-9-11-5-7-13(18)8-6-11/h2-8,10,22H,9H2,1H3,(H,19,23)(H,21,24)/b20-10-. The number of halogens is 1. The Hall–Kier alpha value is -3.06. The van der Waals surface area contributed by atoms with Gasteiger partial charge in [-0.25, -0.2) is 5.43 Å². The Labute approximate surface area is 149 Å². The molecule has 0 fully saturated rings. The number of nitrogens with one attached hydrogen (secondary N) is 2. The molecule has 0 saturated carbocycles. The van der Waals surface area contributed by atoms with Crippen LogP contribution in [-0.2, 0) is 16.1 Å². The van der Waals surface area contributed by atoms with Gasteiger partial charge in [0.15, 0.2) is 11.5 Å². The summed E-state index contributed by atoms with van der Waals surface area (Å²) in [6.07, 6.45) is 1.21. The Morgan fingerprint density at radius 2 is 1.92 bits per heavy atom. The minimum atomic E-state index is -0.924. The van der Waals surface area contributed by atoms with Crippen LogP contribution < -0.4 is 15.5 Å². The van der Waals surface area contributed by atoms with Crippen LogP contribution in [0.25, 0.3) is 0 Å². The van der Waals surface area contributed by atoms with Gasteiger partial charge in [0.05, 0.1) is 13.3 Å². The predicted octanol–water partition coefficient (Wildman–Crippen LogP) is 1.82. The van der Waals surface area contributed by atoms with E-state index in [9.17, 15) is 14.7 Å². The smallest absolute Gasteiger partial charge is 0.329 e. The summed E-state index contributed by atoms with van der Waals surface area (Å²) in [6, 6.07) is 11.7. The van der Waals surface area contributed by atoms with Crippen LogP contribution in [0.4, 0.5) is 0 Å². The van der Waals surface area contributed by atoms with E-state index in [0.717, 1.165) is 5.56 Å². The van der Waals surface area contributed by atoms with Gasteiger partial charge in [0.25, 0.3) is 0 Å². The number of para-hydroxylation sites is 1. The fourth-order valence-electron chi connectivity index (χ4n) is 1.88. The van der Waals surface area contributed by atoms with Gasteiger partial charge in [-0.15, -0.1) is 0 Å². The Balaban J connectivity index is 1.87. The molecule has 0 aromatic heterocycles. The molecule has 25 heavy (non-hydrogen) atoms. The molecule has 0 saturated heterocycles. The van der Waals surface area contributed by atoms with Crippen molar-refractivity contribution in [3.05, 3.63) is 58.6 Å². The Bertz CT molecular complexity index is 791. The number of methoxy groups -OCH3 is 1. The van der Waals surface area contributed by atoms with Crippen molar-refractivity contribution >= 4 is 29.6 Å². The highest BCUT2D eigenvalue weighted by atomic mass is 35.5. The topological polar surface area (TPSA) is 100 Å². The first-order valence-corrected chi connectivity index (χ1v) is 7.60. The number of aromatic hydroxyl groups is 1. The third kappa shape index (κ3) is 5.22. The number of ether oxygens (including phenoxy) is 1. The summed E-state index contributed by atoms with van der Waals surface area (Å²) < 4.78 is 4.96. The quantitative estimate of drug-likeness (QED) is 0.429. The highest BCUT2D eigenvalue weighted by Crippen LogP contribution is 2.27. The molecule has 2 aromatic carbocycles. The SMILES string of the molecule is COc1cccc(/C=N\NC(=O)C(=O)NCc2ccc(Cl)cc2)c1O. The maximum atomic E-state index is 11.7. The zero-order valence-corrected chi connectivity index (χ0v) is 14.1. The van der Waals surface area contributed by atoms with Gasteiger partial charge < -0.3 is 15.2 Å². The maximum Gasteiger partial charge on any atom is 0.329 e. The van der Waals surface area contributed by atoms with Crippen LogP contribution in [0.2, 0.25) is 5.02 Å². The number of carbonyl (C=O) groups is 2. The summed E-state index contributed by atoms with van der Waals surface area (Å²) >= 11 is 5.77. The van der Waals surface area contributed by atoms with Gasteiger partial charge in [0, 0.05) is 17.1 Å². The molecule has 0 heterocycles. The molecule has 0 atom stereocenters. The van der Waals surface area contributed by atoms with Crippen LogP contribution >= 0.6 is 11.6 Å². The van der Waals surface area contributed by atoms with Gasteiger partial charge in [0.1, 0.15) is 0 Å². The molecule has 130 valence electrons. The number of carbonyl (C=O) groups excluding carboxylic acids is 2. The zero-order valence-electron chi connectivity index (χ0n) is 13.3. The van der Waals surface area contributed by atoms with E-state index in [0.29, 0.717) is 10.6 Å². The lowest BCUT2D eigenvalue weighted by Gasteiger charge is -2.05. The van der Waals surface area contributed by atoms with Crippen molar-refractivity contribution in [3.63, 3.8) is 0 Å². The fourth-order valence-corrected chi connectivity index (χ4v) is 2.01. The van der Waals surface area contributed by atoms with Crippen LogP contribution in [-0.4, -0.2) is 30.2 Å². The van der Waals surface area contributed by atoms with Crippen LogP contribution in [0, 0.1) is 0 Å². The van der Waals surface area contributed by atoms with Gasteiger partial charge in [-0.05, 0) is 29.8 Å². The average molecular weight is 362 g/mol. The first-order valence-electron chi connectivity index (χ1n) is 7.23. The van der Waals surface area contributed by atoms with Crippen molar-refractivity contribution in [2.24, 2.45) is 5.10 Å². The zero-order chi connectivity index (χ0) is 18.2. The number of rotatable bonds is 5. The van der Waals surface area contributed by atoms with Gasteiger partial charge >= 0.3 is 11.8 Å². The minimum absolute atomic E-state index is 0.116. The monoisotopic (exact) mass is 361 g/mol. The number of hydrogen-bond donors (Lipinski definition) is 3. The molecule has 0 aliphatic heterocycles. The summed E-state index contributed by atoms with van der Waals surface area (Å²) in [5, 5.41) is 16.6. The van der Waals surface area contributed by atoms with Crippen LogP contribution in [0.3, 0.4) is 0 Å². The largest absolute Gasteiger partial charge is 0.504 e. The first-order chi connectivity index (χ1) is 12.0. The normalized spacial score (nSPS) is 10.5. The predicted molar refractivity (Wildman–Crippen MR) is 93.7 cm³/mol. The van der Waals surface area contributed by atoms with E-state index in [4.69, 9.17) is 16.3 Å². The van der Waals surface area contributed by atoms with E-state index in [-0.39, 0.29) is 18.0 Å². The molecule has 0 aliphatic rings.